The average Bonchev–Trinajstić information content (AvgIpc) is 2.76. The maximum atomic E-state index is 13.5. The Morgan fingerprint density at radius 2 is 1.94 bits per heavy atom. The van der Waals surface area contributed by atoms with Crippen LogP contribution in [0.5, 0.6) is 5.75 Å². The molecule has 1 atom stereocenters. The van der Waals surface area contributed by atoms with Gasteiger partial charge in [-0.15, -0.1) is 0 Å². The zero-order chi connectivity index (χ0) is 22.0. The van der Waals surface area contributed by atoms with Crippen LogP contribution in [0.2, 0.25) is 5.02 Å². The maximum absolute atomic E-state index is 13.5. The van der Waals surface area contributed by atoms with Crippen molar-refractivity contribution < 1.29 is 9.13 Å². The first-order valence-corrected chi connectivity index (χ1v) is 11.3. The fourth-order valence-electron chi connectivity index (χ4n) is 4.93. The molecule has 3 N–H and O–H groups in total. The monoisotopic (exact) mass is 442 g/mol. The van der Waals surface area contributed by atoms with Crippen molar-refractivity contribution in [1.82, 2.24) is 4.98 Å². The van der Waals surface area contributed by atoms with Gasteiger partial charge in [-0.3, -0.25) is 4.79 Å². The van der Waals surface area contributed by atoms with E-state index in [4.69, 9.17) is 22.1 Å². The van der Waals surface area contributed by atoms with E-state index < -0.39 is 0 Å². The highest BCUT2D eigenvalue weighted by Crippen LogP contribution is 2.44. The quantitative estimate of drug-likeness (QED) is 0.514. The Kier molecular flexibility index (Phi) is 6.35. The standard InChI is InChI=1S/C25H28ClFN2O2/c1-2-3-23(28)25(17-4-6-18(27)7-5-17)11-8-19(9-12-25)31-22-14-16-10-13-29-24(30)20(16)15-21(22)26/h4-7,10,13-15,19,23H,2-3,8-9,11-12,28H2,1H3,(H,29,30)/t19?,23-,25?/m0/s1. The van der Waals surface area contributed by atoms with E-state index >= 15 is 0 Å². The number of nitrogens with two attached hydrogens (primary N) is 1. The Morgan fingerprint density at radius 3 is 2.61 bits per heavy atom. The summed E-state index contributed by atoms with van der Waals surface area (Å²) in [5.74, 6) is 0.363. The smallest absolute Gasteiger partial charge is 0.255 e. The number of H-pyrrole nitrogens is 1. The first-order valence-electron chi connectivity index (χ1n) is 10.9. The SMILES string of the molecule is CCC[C@H](N)C1(c2ccc(F)cc2)CCC(Oc2cc3cc[nH]c(=O)c3cc2Cl)CC1. The van der Waals surface area contributed by atoms with E-state index in [2.05, 4.69) is 11.9 Å². The van der Waals surface area contributed by atoms with Crippen LogP contribution < -0.4 is 16.0 Å². The van der Waals surface area contributed by atoms with Crippen LogP contribution in [0.1, 0.15) is 51.0 Å². The lowest BCUT2D eigenvalue weighted by Gasteiger charge is -2.45. The van der Waals surface area contributed by atoms with Crippen LogP contribution >= 0.6 is 11.6 Å². The molecule has 3 aromatic rings. The van der Waals surface area contributed by atoms with Gasteiger partial charge in [-0.25, -0.2) is 4.39 Å². The van der Waals surface area contributed by atoms with Crippen LogP contribution in [0.15, 0.2) is 53.5 Å². The number of aromatic amines is 1. The second-order valence-corrected chi connectivity index (χ2v) is 8.96. The van der Waals surface area contributed by atoms with Gasteiger partial charge in [0.1, 0.15) is 11.6 Å². The molecule has 0 amide bonds. The number of nitrogens with one attached hydrogen (secondary N) is 1. The highest BCUT2D eigenvalue weighted by Gasteiger charge is 2.42. The van der Waals surface area contributed by atoms with E-state index in [1.54, 1.807) is 12.3 Å². The predicted molar refractivity (Wildman–Crippen MR) is 123 cm³/mol. The molecule has 4 nitrogen and oxygen atoms in total. The van der Waals surface area contributed by atoms with Crippen molar-refractivity contribution in [2.24, 2.45) is 5.73 Å². The minimum Gasteiger partial charge on any atom is -0.489 e. The summed E-state index contributed by atoms with van der Waals surface area (Å²) in [4.78, 5) is 14.6. The van der Waals surface area contributed by atoms with Crippen molar-refractivity contribution in [2.75, 3.05) is 0 Å². The lowest BCUT2D eigenvalue weighted by Crippen LogP contribution is -2.49. The van der Waals surface area contributed by atoms with Gasteiger partial charge >= 0.3 is 0 Å². The molecule has 0 radical (unpaired) electrons. The van der Waals surface area contributed by atoms with Crippen LogP contribution in [-0.2, 0) is 5.41 Å². The van der Waals surface area contributed by atoms with Gasteiger partial charge in [-0.1, -0.05) is 37.1 Å². The van der Waals surface area contributed by atoms with E-state index in [1.807, 2.05) is 24.3 Å². The topological polar surface area (TPSA) is 68.1 Å². The summed E-state index contributed by atoms with van der Waals surface area (Å²) in [6.07, 6.45) is 6.97. The van der Waals surface area contributed by atoms with Crippen molar-refractivity contribution >= 4 is 22.4 Å². The first-order chi connectivity index (χ1) is 14.9. The molecule has 1 saturated carbocycles. The summed E-state index contributed by atoms with van der Waals surface area (Å²) in [5, 5.41) is 1.77. The van der Waals surface area contributed by atoms with Crippen molar-refractivity contribution in [3.63, 3.8) is 0 Å². The summed E-state index contributed by atoms with van der Waals surface area (Å²) in [6.45, 7) is 2.14. The zero-order valence-corrected chi connectivity index (χ0v) is 18.4. The number of ether oxygens (including phenoxy) is 1. The Labute approximate surface area is 186 Å². The lowest BCUT2D eigenvalue weighted by molar-refractivity contribution is 0.103. The summed E-state index contributed by atoms with van der Waals surface area (Å²) < 4.78 is 19.8. The lowest BCUT2D eigenvalue weighted by atomic mass is 9.63. The molecule has 1 aromatic heterocycles. The second kappa shape index (κ2) is 9.01. The van der Waals surface area contributed by atoms with Crippen LogP contribution in [0.3, 0.4) is 0 Å². The molecule has 1 aliphatic rings. The number of benzene rings is 2. The van der Waals surface area contributed by atoms with E-state index in [0.717, 1.165) is 49.5 Å². The average molecular weight is 443 g/mol. The predicted octanol–water partition coefficient (Wildman–Crippen LogP) is 5.71. The second-order valence-electron chi connectivity index (χ2n) is 8.55. The molecule has 0 aliphatic heterocycles. The van der Waals surface area contributed by atoms with Crippen LogP contribution in [0.25, 0.3) is 10.8 Å². The van der Waals surface area contributed by atoms with E-state index in [9.17, 15) is 9.18 Å². The summed E-state index contributed by atoms with van der Waals surface area (Å²) >= 11 is 6.42. The fraction of sp³-hybridized carbons (Fsp3) is 0.400. The van der Waals surface area contributed by atoms with Gasteiger partial charge in [0.25, 0.3) is 5.56 Å². The molecule has 0 spiro atoms. The van der Waals surface area contributed by atoms with Crippen LogP contribution in [0.4, 0.5) is 4.39 Å². The Hall–Kier alpha value is -2.37. The molecule has 0 bridgehead atoms. The molecule has 31 heavy (non-hydrogen) atoms. The number of rotatable bonds is 6. The van der Waals surface area contributed by atoms with Crippen molar-refractivity contribution in [3.05, 3.63) is 75.4 Å². The normalized spacial score (nSPS) is 22.4. The molecule has 164 valence electrons. The fourth-order valence-corrected chi connectivity index (χ4v) is 5.13. The van der Waals surface area contributed by atoms with Crippen molar-refractivity contribution in [1.29, 1.82) is 0 Å². The largest absolute Gasteiger partial charge is 0.489 e. The Bertz CT molecular complexity index is 1100. The van der Waals surface area contributed by atoms with Crippen LogP contribution in [0, 0.1) is 5.82 Å². The molecule has 0 unspecified atom stereocenters. The highest BCUT2D eigenvalue weighted by atomic mass is 35.5. The van der Waals surface area contributed by atoms with Gasteiger partial charge in [0.05, 0.1) is 11.1 Å². The summed E-state index contributed by atoms with van der Waals surface area (Å²) in [7, 11) is 0. The Balaban J connectivity index is 1.55. The molecule has 1 heterocycles. The molecule has 2 aromatic carbocycles. The molecule has 6 heteroatoms. The van der Waals surface area contributed by atoms with Gasteiger partial charge in [-0.2, -0.15) is 0 Å². The van der Waals surface area contributed by atoms with Gasteiger partial charge in [0.2, 0.25) is 0 Å². The van der Waals surface area contributed by atoms with Gasteiger partial charge in [0.15, 0.2) is 0 Å². The molecule has 1 aliphatic carbocycles. The van der Waals surface area contributed by atoms with Gasteiger partial charge < -0.3 is 15.5 Å². The number of aromatic nitrogens is 1. The van der Waals surface area contributed by atoms with E-state index in [1.165, 1.54) is 12.1 Å². The third-order valence-corrected chi connectivity index (χ3v) is 6.97. The minimum absolute atomic E-state index is 0.0133. The molecule has 1 fully saturated rings. The first kappa shape index (κ1) is 21.8. The van der Waals surface area contributed by atoms with Crippen molar-refractivity contribution in [2.45, 2.75) is 63.0 Å². The molecular weight excluding hydrogens is 415 g/mol. The minimum atomic E-state index is -0.232. The van der Waals surface area contributed by atoms with E-state index in [0.29, 0.717) is 16.2 Å². The maximum Gasteiger partial charge on any atom is 0.255 e. The van der Waals surface area contributed by atoms with Crippen LogP contribution in [-0.4, -0.2) is 17.1 Å². The third kappa shape index (κ3) is 4.35. The van der Waals surface area contributed by atoms with E-state index in [-0.39, 0.29) is 28.9 Å². The number of pyridine rings is 1. The van der Waals surface area contributed by atoms with Gasteiger partial charge in [-0.05, 0) is 73.4 Å². The molecule has 4 rings (SSSR count). The number of hydrogen-bond donors (Lipinski definition) is 2. The number of halogens is 2. The Morgan fingerprint density at radius 1 is 1.23 bits per heavy atom. The van der Waals surface area contributed by atoms with Crippen molar-refractivity contribution in [3.8, 4) is 5.75 Å². The summed E-state index contributed by atoms with van der Waals surface area (Å²) in [5.41, 5.74) is 7.44. The number of fused-ring (bicyclic) bond motifs is 1. The number of hydrogen-bond acceptors (Lipinski definition) is 3. The molecule has 0 saturated heterocycles. The van der Waals surface area contributed by atoms with Gasteiger partial charge in [0, 0.05) is 23.0 Å². The zero-order valence-electron chi connectivity index (χ0n) is 17.7. The third-order valence-electron chi connectivity index (χ3n) is 6.67. The highest BCUT2D eigenvalue weighted by molar-refractivity contribution is 6.32. The molecular formula is C25H28ClFN2O2. The summed E-state index contributed by atoms with van der Waals surface area (Å²) in [6, 6.07) is 12.1.